The molecule has 2 atom stereocenters. The Labute approximate surface area is 104 Å². The van der Waals surface area contributed by atoms with Crippen LogP contribution in [0.3, 0.4) is 0 Å². The van der Waals surface area contributed by atoms with Gasteiger partial charge in [-0.1, -0.05) is 6.08 Å². The largest absolute Gasteiger partial charge is 0.465 e. The van der Waals surface area contributed by atoms with Gasteiger partial charge in [0, 0.05) is 6.61 Å². The number of hydrogen-bond acceptors (Lipinski definition) is 3. The summed E-state index contributed by atoms with van der Waals surface area (Å²) in [4.78, 5) is 11.8. The van der Waals surface area contributed by atoms with Crippen LogP contribution in [0.1, 0.15) is 46.0 Å². The minimum Gasteiger partial charge on any atom is -0.465 e. The normalized spacial score (nSPS) is 23.1. The third-order valence-electron chi connectivity index (χ3n) is 3.44. The van der Waals surface area contributed by atoms with E-state index in [4.69, 9.17) is 9.47 Å². The van der Waals surface area contributed by atoms with Crippen molar-refractivity contribution >= 4 is 5.97 Å². The van der Waals surface area contributed by atoms with E-state index in [-0.39, 0.29) is 5.97 Å². The van der Waals surface area contributed by atoms with Gasteiger partial charge in [-0.25, -0.2) is 0 Å². The van der Waals surface area contributed by atoms with E-state index in [1.165, 1.54) is 6.42 Å². The molecule has 0 amide bonds. The molecule has 0 spiro atoms. The maximum atomic E-state index is 11.8. The van der Waals surface area contributed by atoms with Crippen LogP contribution in [-0.2, 0) is 14.3 Å². The molecule has 17 heavy (non-hydrogen) atoms. The van der Waals surface area contributed by atoms with Crippen molar-refractivity contribution in [3.8, 4) is 0 Å². The molecule has 2 unspecified atom stereocenters. The molecule has 1 heterocycles. The Kier molecular flexibility index (Phi) is 5.69. The standard InChI is InChI=1S/C14H24O3/c1-4-14(3,13(15)16-5-2)10-6-8-12-9-7-11-17-12/h4,12H,1,5-11H2,2-3H3. The summed E-state index contributed by atoms with van der Waals surface area (Å²) in [6, 6.07) is 0. The fourth-order valence-corrected chi connectivity index (χ4v) is 2.15. The summed E-state index contributed by atoms with van der Waals surface area (Å²) in [7, 11) is 0. The summed E-state index contributed by atoms with van der Waals surface area (Å²) in [5, 5.41) is 0. The van der Waals surface area contributed by atoms with Gasteiger partial charge < -0.3 is 9.47 Å². The number of esters is 1. The SMILES string of the molecule is C=CC(C)(CCCC1CCCO1)C(=O)OCC. The molecule has 1 rings (SSSR count). The van der Waals surface area contributed by atoms with E-state index in [1.54, 1.807) is 6.08 Å². The van der Waals surface area contributed by atoms with Gasteiger partial charge in [0.1, 0.15) is 0 Å². The van der Waals surface area contributed by atoms with Crippen molar-refractivity contribution in [1.29, 1.82) is 0 Å². The highest BCUT2D eigenvalue weighted by Crippen LogP contribution is 2.29. The highest BCUT2D eigenvalue weighted by molar-refractivity contribution is 5.78. The molecule has 1 aliphatic heterocycles. The van der Waals surface area contributed by atoms with Crippen LogP contribution in [0, 0.1) is 5.41 Å². The van der Waals surface area contributed by atoms with Gasteiger partial charge in [-0.05, 0) is 46.0 Å². The van der Waals surface area contributed by atoms with E-state index >= 15 is 0 Å². The van der Waals surface area contributed by atoms with Gasteiger partial charge in [0.15, 0.2) is 0 Å². The topological polar surface area (TPSA) is 35.5 Å². The molecule has 0 aromatic rings. The molecular weight excluding hydrogens is 216 g/mol. The molecule has 3 nitrogen and oxygen atoms in total. The monoisotopic (exact) mass is 240 g/mol. The quantitative estimate of drug-likeness (QED) is 0.506. The smallest absolute Gasteiger partial charge is 0.315 e. The van der Waals surface area contributed by atoms with E-state index in [0.29, 0.717) is 12.7 Å². The zero-order valence-electron chi connectivity index (χ0n) is 11.0. The summed E-state index contributed by atoms with van der Waals surface area (Å²) in [5.74, 6) is -0.164. The summed E-state index contributed by atoms with van der Waals surface area (Å²) < 4.78 is 10.6. The molecule has 0 saturated carbocycles. The lowest BCUT2D eigenvalue weighted by Crippen LogP contribution is -2.28. The second-order valence-corrected chi connectivity index (χ2v) is 4.87. The van der Waals surface area contributed by atoms with Crippen LogP contribution in [0.5, 0.6) is 0 Å². The lowest BCUT2D eigenvalue weighted by Gasteiger charge is -2.23. The maximum Gasteiger partial charge on any atom is 0.315 e. The van der Waals surface area contributed by atoms with Gasteiger partial charge in [-0.15, -0.1) is 6.58 Å². The van der Waals surface area contributed by atoms with E-state index < -0.39 is 5.41 Å². The maximum absolute atomic E-state index is 11.8. The first-order valence-corrected chi connectivity index (χ1v) is 6.55. The average Bonchev–Trinajstić information content (AvgIpc) is 2.82. The lowest BCUT2D eigenvalue weighted by atomic mass is 9.84. The van der Waals surface area contributed by atoms with Crippen molar-refractivity contribution < 1.29 is 14.3 Å². The Morgan fingerprint density at radius 1 is 1.65 bits per heavy atom. The number of carbonyl (C=O) groups is 1. The molecular formula is C14H24O3. The fraction of sp³-hybridized carbons (Fsp3) is 0.786. The zero-order chi connectivity index (χ0) is 12.7. The van der Waals surface area contributed by atoms with Crippen LogP contribution in [-0.4, -0.2) is 25.3 Å². The molecule has 0 aromatic heterocycles. The van der Waals surface area contributed by atoms with Crippen LogP contribution in [0.15, 0.2) is 12.7 Å². The zero-order valence-corrected chi connectivity index (χ0v) is 11.0. The summed E-state index contributed by atoms with van der Waals surface area (Å²) in [6.07, 6.45) is 7.22. The number of rotatable bonds is 7. The summed E-state index contributed by atoms with van der Waals surface area (Å²) in [6.45, 7) is 8.79. The van der Waals surface area contributed by atoms with Gasteiger partial charge in [0.05, 0.1) is 18.1 Å². The van der Waals surface area contributed by atoms with Crippen molar-refractivity contribution in [2.24, 2.45) is 5.41 Å². The van der Waals surface area contributed by atoms with Crippen molar-refractivity contribution in [3.05, 3.63) is 12.7 Å². The predicted octanol–water partition coefficient (Wildman–Crippen LogP) is 3.09. The first-order valence-electron chi connectivity index (χ1n) is 6.55. The molecule has 0 N–H and O–H groups in total. The predicted molar refractivity (Wildman–Crippen MR) is 67.8 cm³/mol. The van der Waals surface area contributed by atoms with E-state index in [1.807, 2.05) is 13.8 Å². The molecule has 1 aliphatic rings. The van der Waals surface area contributed by atoms with Crippen LogP contribution in [0.2, 0.25) is 0 Å². The van der Waals surface area contributed by atoms with Gasteiger partial charge in [0.2, 0.25) is 0 Å². The second kappa shape index (κ2) is 6.80. The molecule has 3 heteroatoms. The van der Waals surface area contributed by atoms with Crippen molar-refractivity contribution in [2.45, 2.75) is 52.1 Å². The Morgan fingerprint density at radius 3 is 2.94 bits per heavy atom. The number of carbonyl (C=O) groups excluding carboxylic acids is 1. The second-order valence-electron chi connectivity index (χ2n) is 4.87. The number of ether oxygens (including phenoxy) is 2. The van der Waals surface area contributed by atoms with Gasteiger partial charge in [0.25, 0.3) is 0 Å². The van der Waals surface area contributed by atoms with Crippen LogP contribution in [0.25, 0.3) is 0 Å². The van der Waals surface area contributed by atoms with E-state index in [2.05, 4.69) is 6.58 Å². The minimum absolute atomic E-state index is 0.164. The molecule has 0 radical (unpaired) electrons. The van der Waals surface area contributed by atoms with Crippen molar-refractivity contribution in [2.75, 3.05) is 13.2 Å². The number of hydrogen-bond donors (Lipinski definition) is 0. The van der Waals surface area contributed by atoms with Crippen molar-refractivity contribution in [1.82, 2.24) is 0 Å². The average molecular weight is 240 g/mol. The molecule has 1 fully saturated rings. The third kappa shape index (κ3) is 4.15. The van der Waals surface area contributed by atoms with Gasteiger partial charge in [-0.3, -0.25) is 4.79 Å². The molecule has 1 saturated heterocycles. The summed E-state index contributed by atoms with van der Waals surface area (Å²) in [5.41, 5.74) is -0.547. The van der Waals surface area contributed by atoms with E-state index in [9.17, 15) is 4.79 Å². The highest BCUT2D eigenvalue weighted by Gasteiger charge is 2.31. The van der Waals surface area contributed by atoms with Crippen LogP contribution >= 0.6 is 0 Å². The minimum atomic E-state index is -0.547. The third-order valence-corrected chi connectivity index (χ3v) is 3.44. The first-order chi connectivity index (χ1) is 8.12. The highest BCUT2D eigenvalue weighted by atomic mass is 16.5. The Morgan fingerprint density at radius 2 is 2.41 bits per heavy atom. The van der Waals surface area contributed by atoms with Crippen molar-refractivity contribution in [3.63, 3.8) is 0 Å². The Hall–Kier alpha value is -0.830. The molecule has 0 aliphatic carbocycles. The Bertz CT molecular complexity index is 256. The Balaban J connectivity index is 2.34. The first kappa shape index (κ1) is 14.2. The summed E-state index contributed by atoms with van der Waals surface area (Å²) >= 11 is 0. The van der Waals surface area contributed by atoms with Gasteiger partial charge >= 0.3 is 5.97 Å². The fourth-order valence-electron chi connectivity index (χ4n) is 2.15. The van der Waals surface area contributed by atoms with E-state index in [0.717, 1.165) is 32.3 Å². The molecule has 0 bridgehead atoms. The van der Waals surface area contributed by atoms with Gasteiger partial charge in [-0.2, -0.15) is 0 Å². The van der Waals surface area contributed by atoms with Crippen LogP contribution in [0.4, 0.5) is 0 Å². The molecule has 98 valence electrons. The molecule has 0 aromatic carbocycles. The van der Waals surface area contributed by atoms with Crippen LogP contribution < -0.4 is 0 Å². The lowest BCUT2D eigenvalue weighted by molar-refractivity contribution is -0.152.